The third-order valence-electron chi connectivity index (χ3n) is 4.94. The first-order chi connectivity index (χ1) is 15.4. The van der Waals surface area contributed by atoms with Crippen molar-refractivity contribution >= 4 is 27.4 Å². The summed E-state index contributed by atoms with van der Waals surface area (Å²) in [5, 5.41) is 3.32. The van der Waals surface area contributed by atoms with Crippen LogP contribution in [0.2, 0.25) is 0 Å². The molecule has 3 aromatic rings. The molecule has 0 atom stereocenters. The fourth-order valence-electron chi connectivity index (χ4n) is 3.19. The van der Waals surface area contributed by atoms with Crippen LogP contribution < -0.4 is 5.32 Å². The summed E-state index contributed by atoms with van der Waals surface area (Å²) in [4.78, 5) is 12.2. The summed E-state index contributed by atoms with van der Waals surface area (Å²) in [7, 11) is -3.83. The number of benzene rings is 3. The van der Waals surface area contributed by atoms with Crippen LogP contribution >= 0.6 is 0 Å². The predicted octanol–water partition coefficient (Wildman–Crippen LogP) is 4.54. The van der Waals surface area contributed by atoms with Gasteiger partial charge in [-0.1, -0.05) is 48.0 Å². The summed E-state index contributed by atoms with van der Waals surface area (Å²) in [5.41, 5.74) is 3.86. The summed E-state index contributed by atoms with van der Waals surface area (Å²) >= 11 is 0. The van der Waals surface area contributed by atoms with Gasteiger partial charge in [-0.2, -0.15) is 4.31 Å². The highest BCUT2D eigenvalue weighted by molar-refractivity contribution is 7.89. The van der Waals surface area contributed by atoms with Crippen molar-refractivity contribution in [3.8, 4) is 0 Å². The van der Waals surface area contributed by atoms with Gasteiger partial charge < -0.3 is 10.1 Å². The molecule has 1 N–H and O–H groups in total. The highest BCUT2D eigenvalue weighted by Crippen LogP contribution is 2.19. The molecule has 0 saturated heterocycles. The van der Waals surface area contributed by atoms with E-state index in [1.807, 2.05) is 61.5 Å². The van der Waals surface area contributed by atoms with E-state index in [0.29, 0.717) is 6.42 Å². The average molecular weight is 453 g/mol. The van der Waals surface area contributed by atoms with Crippen LogP contribution in [0.25, 0.3) is 0 Å². The number of anilines is 2. The van der Waals surface area contributed by atoms with Gasteiger partial charge in [0, 0.05) is 17.9 Å². The van der Waals surface area contributed by atoms with Crippen molar-refractivity contribution < 1.29 is 17.9 Å². The number of carbonyl (C=O) groups is 1. The first kappa shape index (κ1) is 23.5. The van der Waals surface area contributed by atoms with Crippen LogP contribution in [0, 0.1) is 6.92 Å². The summed E-state index contributed by atoms with van der Waals surface area (Å²) in [6, 6.07) is 24.3. The Morgan fingerprint density at radius 3 is 2.16 bits per heavy atom. The SMILES string of the molecule is CCOC(=O)CN(CCc1ccc(Nc2ccccc2)cc1)S(=O)(=O)c1ccc(C)cc1. The van der Waals surface area contributed by atoms with E-state index in [2.05, 4.69) is 5.32 Å². The Labute approximate surface area is 189 Å². The van der Waals surface area contributed by atoms with Gasteiger partial charge in [0.25, 0.3) is 0 Å². The summed E-state index contributed by atoms with van der Waals surface area (Å²) < 4.78 is 32.5. The Morgan fingerprint density at radius 1 is 0.906 bits per heavy atom. The topological polar surface area (TPSA) is 75.7 Å². The van der Waals surface area contributed by atoms with E-state index in [0.717, 1.165) is 22.5 Å². The van der Waals surface area contributed by atoms with E-state index in [-0.39, 0.29) is 24.6 Å². The van der Waals surface area contributed by atoms with Crippen molar-refractivity contribution in [3.63, 3.8) is 0 Å². The lowest BCUT2D eigenvalue weighted by Crippen LogP contribution is -2.38. The molecule has 168 valence electrons. The Balaban J connectivity index is 1.72. The van der Waals surface area contributed by atoms with E-state index in [1.54, 1.807) is 31.2 Å². The quantitative estimate of drug-likeness (QED) is 0.457. The number of esters is 1. The number of nitrogens with zero attached hydrogens (tertiary/aromatic N) is 1. The van der Waals surface area contributed by atoms with Crippen LogP contribution in [0.5, 0.6) is 0 Å². The fraction of sp³-hybridized carbons (Fsp3) is 0.240. The van der Waals surface area contributed by atoms with E-state index in [1.165, 1.54) is 4.31 Å². The molecule has 0 saturated carbocycles. The zero-order valence-corrected chi connectivity index (χ0v) is 19.1. The zero-order chi connectivity index (χ0) is 23.0. The molecule has 0 aliphatic heterocycles. The van der Waals surface area contributed by atoms with Gasteiger partial charge in [0.05, 0.1) is 11.5 Å². The third kappa shape index (κ3) is 6.42. The number of sulfonamides is 1. The minimum absolute atomic E-state index is 0.162. The molecule has 3 rings (SSSR count). The molecule has 32 heavy (non-hydrogen) atoms. The zero-order valence-electron chi connectivity index (χ0n) is 18.3. The van der Waals surface area contributed by atoms with Crippen LogP contribution in [-0.4, -0.2) is 38.4 Å². The van der Waals surface area contributed by atoms with Crippen LogP contribution in [0.15, 0.2) is 83.8 Å². The van der Waals surface area contributed by atoms with Crippen molar-refractivity contribution in [2.45, 2.75) is 25.2 Å². The Bertz CT molecular complexity index is 1110. The highest BCUT2D eigenvalue weighted by atomic mass is 32.2. The molecule has 0 unspecified atom stereocenters. The highest BCUT2D eigenvalue weighted by Gasteiger charge is 2.27. The smallest absolute Gasteiger partial charge is 0.321 e. The summed E-state index contributed by atoms with van der Waals surface area (Å²) in [6.07, 6.45) is 0.468. The number of para-hydroxylation sites is 1. The lowest BCUT2D eigenvalue weighted by molar-refractivity contribution is -0.143. The van der Waals surface area contributed by atoms with Gasteiger partial charge in [-0.3, -0.25) is 4.79 Å². The molecule has 0 aliphatic rings. The number of ether oxygens (including phenoxy) is 1. The molecule has 3 aromatic carbocycles. The number of aryl methyl sites for hydroxylation is 1. The van der Waals surface area contributed by atoms with Crippen molar-refractivity contribution in [2.24, 2.45) is 0 Å². The molecular formula is C25H28N2O4S. The number of rotatable bonds is 10. The number of hydrogen-bond donors (Lipinski definition) is 1. The molecule has 0 bridgehead atoms. The largest absolute Gasteiger partial charge is 0.465 e. The molecule has 0 aliphatic carbocycles. The normalized spacial score (nSPS) is 11.3. The predicted molar refractivity (Wildman–Crippen MR) is 126 cm³/mol. The van der Waals surface area contributed by atoms with Crippen LogP contribution in [0.1, 0.15) is 18.1 Å². The van der Waals surface area contributed by atoms with E-state index in [4.69, 9.17) is 4.74 Å². The molecule has 0 radical (unpaired) electrons. The third-order valence-corrected chi connectivity index (χ3v) is 6.80. The molecule has 0 spiro atoms. The molecule has 6 nitrogen and oxygen atoms in total. The summed E-state index contributed by atoms with van der Waals surface area (Å²) in [5.74, 6) is -0.564. The standard InChI is InChI=1S/C25H28N2O4S/c1-3-31-25(28)19-27(32(29,30)24-15-9-20(2)10-16-24)18-17-21-11-13-23(14-12-21)26-22-7-5-4-6-8-22/h4-16,26H,3,17-19H2,1-2H3. The van der Waals surface area contributed by atoms with E-state index in [9.17, 15) is 13.2 Å². The Kier molecular flexibility index (Phi) is 8.03. The Hall–Kier alpha value is -3.16. The van der Waals surface area contributed by atoms with Gasteiger partial charge in [0.2, 0.25) is 10.0 Å². The second-order valence-electron chi connectivity index (χ2n) is 7.39. The van der Waals surface area contributed by atoms with Crippen molar-refractivity contribution in [1.82, 2.24) is 4.31 Å². The van der Waals surface area contributed by atoms with E-state index < -0.39 is 16.0 Å². The molecular weight excluding hydrogens is 424 g/mol. The lowest BCUT2D eigenvalue weighted by atomic mass is 10.1. The number of nitrogens with one attached hydrogen (secondary N) is 1. The van der Waals surface area contributed by atoms with Gasteiger partial charge in [-0.05, 0) is 62.2 Å². The fourth-order valence-corrected chi connectivity index (χ4v) is 4.58. The first-order valence-corrected chi connectivity index (χ1v) is 12.0. The monoisotopic (exact) mass is 452 g/mol. The number of carbonyl (C=O) groups excluding carboxylic acids is 1. The molecule has 7 heteroatoms. The van der Waals surface area contributed by atoms with Gasteiger partial charge in [0.1, 0.15) is 6.54 Å². The van der Waals surface area contributed by atoms with Crippen molar-refractivity contribution in [3.05, 3.63) is 90.0 Å². The molecule has 0 aromatic heterocycles. The van der Waals surface area contributed by atoms with Gasteiger partial charge >= 0.3 is 5.97 Å². The van der Waals surface area contributed by atoms with Gasteiger partial charge in [-0.15, -0.1) is 0 Å². The summed E-state index contributed by atoms with van der Waals surface area (Å²) in [6.45, 7) is 3.64. The maximum absolute atomic E-state index is 13.2. The maximum Gasteiger partial charge on any atom is 0.321 e. The van der Waals surface area contributed by atoms with Crippen molar-refractivity contribution in [2.75, 3.05) is 25.0 Å². The molecule has 0 fully saturated rings. The minimum atomic E-state index is -3.83. The Morgan fingerprint density at radius 2 is 1.53 bits per heavy atom. The van der Waals surface area contributed by atoms with Gasteiger partial charge in [0.15, 0.2) is 0 Å². The van der Waals surface area contributed by atoms with Crippen LogP contribution in [-0.2, 0) is 26.0 Å². The second kappa shape index (κ2) is 10.9. The number of hydrogen-bond acceptors (Lipinski definition) is 5. The van der Waals surface area contributed by atoms with E-state index >= 15 is 0 Å². The average Bonchev–Trinajstić information content (AvgIpc) is 2.79. The van der Waals surface area contributed by atoms with Crippen molar-refractivity contribution in [1.29, 1.82) is 0 Å². The van der Waals surface area contributed by atoms with Crippen LogP contribution in [0.3, 0.4) is 0 Å². The molecule has 0 amide bonds. The lowest BCUT2D eigenvalue weighted by Gasteiger charge is -2.21. The molecule has 0 heterocycles. The maximum atomic E-state index is 13.2. The van der Waals surface area contributed by atoms with Crippen LogP contribution in [0.4, 0.5) is 11.4 Å². The first-order valence-electron chi connectivity index (χ1n) is 10.5. The minimum Gasteiger partial charge on any atom is -0.465 e. The van der Waals surface area contributed by atoms with Gasteiger partial charge in [-0.25, -0.2) is 8.42 Å². The second-order valence-corrected chi connectivity index (χ2v) is 9.33.